The first-order valence-electron chi connectivity index (χ1n) is 9.80. The van der Waals surface area contributed by atoms with Crippen LogP contribution < -0.4 is 10.1 Å². The zero-order chi connectivity index (χ0) is 21.2. The van der Waals surface area contributed by atoms with Gasteiger partial charge in [-0.25, -0.2) is 4.98 Å². The van der Waals surface area contributed by atoms with Gasteiger partial charge in [-0.05, 0) is 24.5 Å². The third-order valence-corrected chi connectivity index (χ3v) is 5.00. The average Bonchev–Trinajstić information content (AvgIpc) is 3.08. The van der Waals surface area contributed by atoms with Crippen molar-refractivity contribution in [1.82, 2.24) is 10.3 Å². The molecule has 1 amide bonds. The normalized spacial score (nSPS) is 10.9. The molecule has 0 saturated carbocycles. The molecule has 1 heterocycles. The van der Waals surface area contributed by atoms with Crippen molar-refractivity contribution >= 4 is 23.0 Å². The van der Waals surface area contributed by atoms with Crippen LogP contribution in [0, 0.1) is 12.8 Å². The first-order chi connectivity index (χ1) is 13.9. The van der Waals surface area contributed by atoms with Gasteiger partial charge in [0.25, 0.3) is 0 Å². The van der Waals surface area contributed by atoms with Crippen LogP contribution in [0.2, 0.25) is 0 Å². The van der Waals surface area contributed by atoms with Crippen LogP contribution in [0.1, 0.15) is 35.7 Å². The van der Waals surface area contributed by atoms with E-state index in [1.807, 2.05) is 30.5 Å². The van der Waals surface area contributed by atoms with Gasteiger partial charge >= 0.3 is 0 Å². The molecule has 0 fully saturated rings. The lowest BCUT2D eigenvalue weighted by Crippen LogP contribution is -2.28. The monoisotopic (exact) mass is 418 g/mol. The molecule has 0 aliphatic carbocycles. The zero-order valence-corrected chi connectivity index (χ0v) is 18.4. The third-order valence-electron chi connectivity index (χ3n) is 4.10. The largest absolute Gasteiger partial charge is 0.493 e. The Morgan fingerprint density at radius 1 is 1.21 bits per heavy atom. The standard InChI is InChI=1S/C22H30N2O4S/c1-15(2)13-28-20-9-16(3)5-6-17(20)10-19(25)12-22-24-18(14-29-22)11-21(26)23-7-8-27-4/h5-6,9,14-15H,7-8,10-13H2,1-4H3,(H,23,26). The van der Waals surface area contributed by atoms with E-state index in [1.54, 1.807) is 7.11 Å². The fraction of sp³-hybridized carbons (Fsp3) is 0.500. The molecule has 0 spiro atoms. The van der Waals surface area contributed by atoms with Gasteiger partial charge in [-0.1, -0.05) is 26.0 Å². The van der Waals surface area contributed by atoms with E-state index in [1.165, 1.54) is 11.3 Å². The Morgan fingerprint density at radius 3 is 2.72 bits per heavy atom. The number of methoxy groups -OCH3 is 1. The van der Waals surface area contributed by atoms with E-state index in [2.05, 4.69) is 24.1 Å². The predicted octanol–water partition coefficient (Wildman–Crippen LogP) is 3.15. The summed E-state index contributed by atoms with van der Waals surface area (Å²) in [5, 5.41) is 5.33. The predicted molar refractivity (Wildman–Crippen MR) is 115 cm³/mol. The Kier molecular flexibility index (Phi) is 9.28. The molecule has 7 heteroatoms. The molecule has 0 aliphatic heterocycles. The van der Waals surface area contributed by atoms with Gasteiger partial charge in [0.2, 0.25) is 5.91 Å². The highest BCUT2D eigenvalue weighted by Gasteiger charge is 2.14. The first kappa shape index (κ1) is 23.0. The van der Waals surface area contributed by atoms with Crippen LogP contribution in [0.15, 0.2) is 23.6 Å². The minimum Gasteiger partial charge on any atom is -0.493 e. The van der Waals surface area contributed by atoms with E-state index in [-0.39, 0.29) is 24.5 Å². The summed E-state index contributed by atoms with van der Waals surface area (Å²) in [6.07, 6.45) is 0.771. The summed E-state index contributed by atoms with van der Waals surface area (Å²) in [5.41, 5.74) is 2.69. The number of Topliss-reactive ketones (excluding diaryl/α,β-unsaturated/α-hetero) is 1. The Hall–Kier alpha value is -2.25. The van der Waals surface area contributed by atoms with E-state index in [0.29, 0.717) is 37.8 Å². The molecule has 2 aromatic rings. The molecular formula is C22H30N2O4S. The van der Waals surface area contributed by atoms with Crippen LogP contribution in [0.4, 0.5) is 0 Å². The first-order valence-corrected chi connectivity index (χ1v) is 10.7. The number of aromatic nitrogens is 1. The van der Waals surface area contributed by atoms with Crippen molar-refractivity contribution in [1.29, 1.82) is 0 Å². The quantitative estimate of drug-likeness (QED) is 0.536. The molecule has 1 N–H and O–H groups in total. The molecule has 0 atom stereocenters. The van der Waals surface area contributed by atoms with Crippen LogP contribution in [-0.4, -0.2) is 43.5 Å². The number of amides is 1. The van der Waals surface area contributed by atoms with Crippen LogP contribution >= 0.6 is 11.3 Å². The summed E-state index contributed by atoms with van der Waals surface area (Å²) in [4.78, 5) is 28.9. The van der Waals surface area contributed by atoms with Crippen molar-refractivity contribution in [2.75, 3.05) is 26.9 Å². The fourth-order valence-electron chi connectivity index (χ4n) is 2.67. The number of carbonyl (C=O) groups excluding carboxylic acids is 2. The van der Waals surface area contributed by atoms with Crippen molar-refractivity contribution in [2.24, 2.45) is 5.92 Å². The summed E-state index contributed by atoms with van der Waals surface area (Å²) in [6.45, 7) is 7.77. The average molecular weight is 419 g/mol. The molecule has 0 unspecified atom stereocenters. The smallest absolute Gasteiger partial charge is 0.226 e. The highest BCUT2D eigenvalue weighted by Crippen LogP contribution is 2.23. The highest BCUT2D eigenvalue weighted by atomic mass is 32.1. The van der Waals surface area contributed by atoms with Crippen molar-refractivity contribution < 1.29 is 19.1 Å². The molecule has 0 saturated heterocycles. The van der Waals surface area contributed by atoms with Crippen LogP contribution in [0.3, 0.4) is 0 Å². The second kappa shape index (κ2) is 11.7. The lowest BCUT2D eigenvalue weighted by atomic mass is 10.0. The summed E-state index contributed by atoms with van der Waals surface area (Å²) in [5.74, 6) is 1.17. The minimum absolute atomic E-state index is 0.0775. The highest BCUT2D eigenvalue weighted by molar-refractivity contribution is 7.09. The van der Waals surface area contributed by atoms with E-state index in [0.717, 1.165) is 21.9 Å². The Labute approximate surface area is 176 Å². The Morgan fingerprint density at radius 2 is 2.00 bits per heavy atom. The Balaban J connectivity index is 1.91. The summed E-state index contributed by atoms with van der Waals surface area (Å²) in [6, 6.07) is 5.93. The maximum Gasteiger partial charge on any atom is 0.226 e. The van der Waals surface area contributed by atoms with Gasteiger partial charge in [-0.15, -0.1) is 11.3 Å². The van der Waals surface area contributed by atoms with Gasteiger partial charge in [0.15, 0.2) is 0 Å². The van der Waals surface area contributed by atoms with E-state index in [4.69, 9.17) is 9.47 Å². The van der Waals surface area contributed by atoms with Gasteiger partial charge in [-0.3, -0.25) is 9.59 Å². The van der Waals surface area contributed by atoms with Crippen molar-refractivity contribution in [3.05, 3.63) is 45.4 Å². The van der Waals surface area contributed by atoms with Crippen LogP contribution in [0.5, 0.6) is 5.75 Å². The number of ketones is 1. The number of benzene rings is 1. The van der Waals surface area contributed by atoms with E-state index in [9.17, 15) is 9.59 Å². The number of thiazole rings is 1. The summed E-state index contributed by atoms with van der Waals surface area (Å²) < 4.78 is 10.8. The van der Waals surface area contributed by atoms with Crippen molar-refractivity contribution in [3.63, 3.8) is 0 Å². The molecule has 1 aromatic carbocycles. The fourth-order valence-corrected chi connectivity index (χ4v) is 3.50. The lowest BCUT2D eigenvalue weighted by Gasteiger charge is -2.13. The van der Waals surface area contributed by atoms with Crippen molar-refractivity contribution in [2.45, 2.75) is 40.0 Å². The second-order valence-electron chi connectivity index (χ2n) is 7.46. The van der Waals surface area contributed by atoms with Gasteiger partial charge in [0.1, 0.15) is 16.5 Å². The number of nitrogens with one attached hydrogen (secondary N) is 1. The van der Waals surface area contributed by atoms with Crippen molar-refractivity contribution in [3.8, 4) is 5.75 Å². The molecule has 6 nitrogen and oxygen atoms in total. The van der Waals surface area contributed by atoms with Crippen LogP contribution in [-0.2, 0) is 33.6 Å². The molecule has 1 aromatic heterocycles. The van der Waals surface area contributed by atoms with Gasteiger partial charge in [0.05, 0.1) is 31.7 Å². The van der Waals surface area contributed by atoms with Gasteiger partial charge < -0.3 is 14.8 Å². The molecule has 2 rings (SSSR count). The molecule has 0 radical (unpaired) electrons. The number of nitrogens with zero attached hydrogens (tertiary/aromatic N) is 1. The molecule has 0 aliphatic rings. The maximum absolute atomic E-state index is 12.6. The SMILES string of the molecule is COCCNC(=O)Cc1csc(CC(=O)Cc2ccc(C)cc2OCC(C)C)n1. The number of carbonyl (C=O) groups is 2. The number of hydrogen-bond acceptors (Lipinski definition) is 6. The maximum atomic E-state index is 12.6. The summed E-state index contributed by atoms with van der Waals surface area (Å²) in [7, 11) is 1.59. The molecule has 0 bridgehead atoms. The minimum atomic E-state index is -0.100. The zero-order valence-electron chi connectivity index (χ0n) is 17.6. The molecular weight excluding hydrogens is 388 g/mol. The van der Waals surface area contributed by atoms with Gasteiger partial charge in [0, 0.05) is 31.0 Å². The third kappa shape index (κ3) is 8.33. The number of rotatable bonds is 12. The summed E-state index contributed by atoms with van der Waals surface area (Å²) >= 11 is 1.41. The topological polar surface area (TPSA) is 77.5 Å². The number of hydrogen-bond donors (Lipinski definition) is 1. The molecule has 29 heavy (non-hydrogen) atoms. The van der Waals surface area contributed by atoms with E-state index >= 15 is 0 Å². The second-order valence-corrected chi connectivity index (χ2v) is 8.40. The van der Waals surface area contributed by atoms with E-state index < -0.39 is 0 Å². The van der Waals surface area contributed by atoms with Crippen LogP contribution in [0.25, 0.3) is 0 Å². The number of aryl methyl sites for hydroxylation is 1. The Bertz CT molecular complexity index is 817. The lowest BCUT2D eigenvalue weighted by molar-refractivity contribution is -0.120. The molecule has 158 valence electrons. The number of ether oxygens (including phenoxy) is 2. The van der Waals surface area contributed by atoms with Gasteiger partial charge in [-0.2, -0.15) is 0 Å².